The SMILES string of the molecule is CCCc1c(NN)ncnc1N(C)CC(N)=O. The number of rotatable bonds is 6. The Balaban J connectivity index is 3.08. The van der Waals surface area contributed by atoms with Crippen LogP contribution in [0.1, 0.15) is 18.9 Å². The van der Waals surface area contributed by atoms with E-state index in [0.29, 0.717) is 11.6 Å². The lowest BCUT2D eigenvalue weighted by Gasteiger charge is -2.20. The summed E-state index contributed by atoms with van der Waals surface area (Å²) in [6.07, 6.45) is 3.11. The molecule has 1 amide bonds. The number of nitrogens with one attached hydrogen (secondary N) is 1. The molecule has 7 heteroatoms. The fourth-order valence-electron chi connectivity index (χ4n) is 1.65. The average Bonchev–Trinajstić information content (AvgIpc) is 2.28. The molecule has 0 radical (unpaired) electrons. The fraction of sp³-hybridized carbons (Fsp3) is 0.500. The van der Waals surface area contributed by atoms with E-state index in [1.54, 1.807) is 11.9 Å². The summed E-state index contributed by atoms with van der Waals surface area (Å²) >= 11 is 0. The summed E-state index contributed by atoms with van der Waals surface area (Å²) in [6.45, 7) is 2.16. The van der Waals surface area contributed by atoms with Crippen molar-refractivity contribution in [2.75, 3.05) is 23.9 Å². The van der Waals surface area contributed by atoms with Gasteiger partial charge in [-0.05, 0) is 6.42 Å². The predicted octanol–water partition coefficient (Wildman–Crippen LogP) is -0.364. The zero-order valence-electron chi connectivity index (χ0n) is 10.1. The van der Waals surface area contributed by atoms with E-state index in [1.165, 1.54) is 6.33 Å². The Bertz CT molecular complexity index is 394. The first-order valence-corrected chi connectivity index (χ1v) is 5.40. The van der Waals surface area contributed by atoms with Gasteiger partial charge in [0.2, 0.25) is 5.91 Å². The van der Waals surface area contributed by atoms with Crippen LogP contribution in [0.3, 0.4) is 0 Å². The molecule has 0 fully saturated rings. The third-order valence-corrected chi connectivity index (χ3v) is 2.31. The standard InChI is InChI=1S/C10H18N6O/c1-3-4-7-9(15-12)13-6-14-10(7)16(2)5-8(11)17/h6H,3-5,12H2,1-2H3,(H2,11,17)(H,13,14,15). The van der Waals surface area contributed by atoms with Crippen LogP contribution in [0.15, 0.2) is 6.33 Å². The van der Waals surface area contributed by atoms with Crippen LogP contribution in [-0.2, 0) is 11.2 Å². The lowest BCUT2D eigenvalue weighted by Crippen LogP contribution is -2.32. The Morgan fingerprint density at radius 3 is 2.76 bits per heavy atom. The Morgan fingerprint density at radius 1 is 1.53 bits per heavy atom. The van der Waals surface area contributed by atoms with Crippen LogP contribution in [0.2, 0.25) is 0 Å². The summed E-state index contributed by atoms with van der Waals surface area (Å²) in [4.78, 5) is 20.8. The van der Waals surface area contributed by atoms with E-state index < -0.39 is 5.91 Å². The lowest BCUT2D eigenvalue weighted by molar-refractivity contribution is -0.116. The number of carbonyl (C=O) groups excluding carboxylic acids is 1. The summed E-state index contributed by atoms with van der Waals surface area (Å²) < 4.78 is 0. The average molecular weight is 238 g/mol. The topological polar surface area (TPSA) is 110 Å². The maximum atomic E-state index is 10.9. The Labute approximate surface area is 100 Å². The van der Waals surface area contributed by atoms with Crippen molar-refractivity contribution in [2.45, 2.75) is 19.8 Å². The first kappa shape index (κ1) is 13.2. The normalized spacial score (nSPS) is 10.1. The third-order valence-electron chi connectivity index (χ3n) is 2.31. The minimum absolute atomic E-state index is 0.109. The van der Waals surface area contributed by atoms with E-state index in [9.17, 15) is 4.79 Å². The third kappa shape index (κ3) is 3.28. The zero-order valence-corrected chi connectivity index (χ0v) is 10.1. The predicted molar refractivity (Wildman–Crippen MR) is 66.3 cm³/mol. The van der Waals surface area contributed by atoms with Crippen LogP contribution >= 0.6 is 0 Å². The monoisotopic (exact) mass is 238 g/mol. The molecule has 1 rings (SSSR count). The van der Waals surface area contributed by atoms with Crippen LogP contribution in [-0.4, -0.2) is 29.5 Å². The summed E-state index contributed by atoms with van der Waals surface area (Å²) in [6, 6.07) is 0. The number of hydrogen-bond donors (Lipinski definition) is 3. The van der Waals surface area contributed by atoms with Gasteiger partial charge in [-0.15, -0.1) is 0 Å². The highest BCUT2D eigenvalue weighted by molar-refractivity contribution is 5.79. The number of likely N-dealkylation sites (N-methyl/N-ethyl adjacent to an activating group) is 1. The molecular formula is C10H18N6O. The van der Waals surface area contributed by atoms with Gasteiger partial charge < -0.3 is 16.1 Å². The minimum atomic E-state index is -0.407. The number of anilines is 2. The van der Waals surface area contributed by atoms with Crippen molar-refractivity contribution in [3.05, 3.63) is 11.9 Å². The van der Waals surface area contributed by atoms with Gasteiger partial charge in [-0.25, -0.2) is 15.8 Å². The minimum Gasteiger partial charge on any atom is -0.368 e. The Morgan fingerprint density at radius 2 is 2.24 bits per heavy atom. The summed E-state index contributed by atoms with van der Waals surface area (Å²) in [5, 5.41) is 0. The first-order chi connectivity index (χ1) is 8.10. The van der Waals surface area contributed by atoms with E-state index in [0.717, 1.165) is 18.4 Å². The molecule has 94 valence electrons. The van der Waals surface area contributed by atoms with E-state index >= 15 is 0 Å². The highest BCUT2D eigenvalue weighted by atomic mass is 16.1. The number of hydrogen-bond acceptors (Lipinski definition) is 6. The molecule has 0 aliphatic heterocycles. The fourth-order valence-corrected chi connectivity index (χ4v) is 1.65. The van der Waals surface area contributed by atoms with Gasteiger partial charge in [-0.3, -0.25) is 4.79 Å². The van der Waals surface area contributed by atoms with E-state index in [-0.39, 0.29) is 6.54 Å². The van der Waals surface area contributed by atoms with Gasteiger partial charge in [-0.1, -0.05) is 13.3 Å². The second-order valence-electron chi connectivity index (χ2n) is 3.74. The molecule has 1 aromatic heterocycles. The maximum absolute atomic E-state index is 10.9. The zero-order chi connectivity index (χ0) is 12.8. The molecule has 17 heavy (non-hydrogen) atoms. The molecule has 0 aliphatic carbocycles. The van der Waals surface area contributed by atoms with Crippen molar-refractivity contribution in [1.29, 1.82) is 0 Å². The Hall–Kier alpha value is -1.89. The quantitative estimate of drug-likeness (QED) is 0.461. The van der Waals surface area contributed by atoms with E-state index in [2.05, 4.69) is 15.4 Å². The van der Waals surface area contributed by atoms with Gasteiger partial charge in [0.1, 0.15) is 18.0 Å². The van der Waals surface area contributed by atoms with Gasteiger partial charge in [-0.2, -0.15) is 0 Å². The second kappa shape index (κ2) is 6.00. The van der Waals surface area contributed by atoms with E-state index in [4.69, 9.17) is 11.6 Å². The van der Waals surface area contributed by atoms with Gasteiger partial charge in [0.05, 0.1) is 6.54 Å². The molecular weight excluding hydrogens is 220 g/mol. The molecule has 0 atom stereocenters. The number of hydrazine groups is 1. The van der Waals surface area contributed by atoms with Crippen molar-refractivity contribution in [3.63, 3.8) is 0 Å². The van der Waals surface area contributed by atoms with Crippen LogP contribution in [0.25, 0.3) is 0 Å². The first-order valence-electron chi connectivity index (χ1n) is 5.40. The summed E-state index contributed by atoms with van der Waals surface area (Å²) in [5.41, 5.74) is 8.59. The second-order valence-corrected chi connectivity index (χ2v) is 3.74. The Kier molecular flexibility index (Phi) is 4.65. The molecule has 0 saturated heterocycles. The molecule has 0 aromatic carbocycles. The van der Waals surface area contributed by atoms with Crippen molar-refractivity contribution >= 4 is 17.5 Å². The number of primary amides is 1. The number of nitrogens with two attached hydrogens (primary N) is 2. The molecule has 0 unspecified atom stereocenters. The molecule has 1 heterocycles. The smallest absolute Gasteiger partial charge is 0.236 e. The maximum Gasteiger partial charge on any atom is 0.236 e. The number of carbonyl (C=O) groups is 1. The van der Waals surface area contributed by atoms with Crippen molar-refractivity contribution < 1.29 is 4.79 Å². The van der Waals surface area contributed by atoms with Crippen LogP contribution < -0.4 is 21.9 Å². The van der Waals surface area contributed by atoms with Crippen LogP contribution in [0.5, 0.6) is 0 Å². The van der Waals surface area contributed by atoms with Crippen molar-refractivity contribution in [3.8, 4) is 0 Å². The van der Waals surface area contributed by atoms with E-state index in [1.807, 2.05) is 6.92 Å². The van der Waals surface area contributed by atoms with Crippen LogP contribution in [0.4, 0.5) is 11.6 Å². The molecule has 0 saturated carbocycles. The van der Waals surface area contributed by atoms with Gasteiger partial charge in [0.15, 0.2) is 0 Å². The number of nitrogens with zero attached hydrogens (tertiary/aromatic N) is 3. The summed E-state index contributed by atoms with van der Waals surface area (Å²) in [5.74, 6) is 6.25. The largest absolute Gasteiger partial charge is 0.368 e. The molecule has 0 bridgehead atoms. The number of amides is 1. The number of nitrogen functional groups attached to an aromatic ring is 1. The van der Waals surface area contributed by atoms with Crippen molar-refractivity contribution in [1.82, 2.24) is 9.97 Å². The van der Waals surface area contributed by atoms with Crippen molar-refractivity contribution in [2.24, 2.45) is 11.6 Å². The molecule has 1 aromatic rings. The summed E-state index contributed by atoms with van der Waals surface area (Å²) in [7, 11) is 1.76. The number of aromatic nitrogens is 2. The molecule has 5 N–H and O–H groups in total. The highest BCUT2D eigenvalue weighted by Crippen LogP contribution is 2.23. The van der Waals surface area contributed by atoms with Gasteiger partial charge in [0.25, 0.3) is 0 Å². The van der Waals surface area contributed by atoms with Gasteiger partial charge in [0, 0.05) is 12.6 Å². The molecule has 0 aliphatic rings. The molecule has 7 nitrogen and oxygen atoms in total. The highest BCUT2D eigenvalue weighted by Gasteiger charge is 2.14. The van der Waals surface area contributed by atoms with Crippen LogP contribution in [0, 0.1) is 0 Å². The van der Waals surface area contributed by atoms with Gasteiger partial charge >= 0.3 is 0 Å². The molecule has 0 spiro atoms. The lowest BCUT2D eigenvalue weighted by atomic mass is 10.1.